The molecule has 0 amide bonds. The maximum atomic E-state index is 5.71. The Kier molecular flexibility index (Phi) is 9.81. The van der Waals surface area contributed by atoms with E-state index in [0.29, 0.717) is 6.04 Å². The second-order valence-corrected chi connectivity index (χ2v) is 6.62. The van der Waals surface area contributed by atoms with Crippen LogP contribution < -0.4 is 11.3 Å². The van der Waals surface area contributed by atoms with Crippen LogP contribution in [0.3, 0.4) is 0 Å². The van der Waals surface area contributed by atoms with Crippen molar-refractivity contribution in [2.24, 2.45) is 5.84 Å². The van der Waals surface area contributed by atoms with E-state index in [0.717, 1.165) is 12.2 Å². The first kappa shape index (κ1) is 17.5. The summed E-state index contributed by atoms with van der Waals surface area (Å²) in [6.45, 7) is 4.44. The highest BCUT2D eigenvalue weighted by atomic mass is 32.2. The summed E-state index contributed by atoms with van der Waals surface area (Å²) in [6.07, 6.45) is 9.12. The Labute approximate surface area is 128 Å². The summed E-state index contributed by atoms with van der Waals surface area (Å²) in [4.78, 5) is 1.34. The van der Waals surface area contributed by atoms with Crippen LogP contribution in [0.15, 0.2) is 29.2 Å². The molecular formula is C17H30N2S. The predicted octanol–water partition coefficient (Wildman–Crippen LogP) is 5.05. The lowest BCUT2D eigenvalue weighted by Gasteiger charge is -2.16. The van der Waals surface area contributed by atoms with E-state index in [9.17, 15) is 0 Å². The summed E-state index contributed by atoms with van der Waals surface area (Å²) in [5.41, 5.74) is 4.27. The third-order valence-electron chi connectivity index (χ3n) is 3.64. The monoisotopic (exact) mass is 294 g/mol. The molecule has 114 valence electrons. The number of unbranched alkanes of at least 4 members (excludes halogenated alkanes) is 5. The Morgan fingerprint density at radius 3 is 2.25 bits per heavy atom. The van der Waals surface area contributed by atoms with Gasteiger partial charge in [0, 0.05) is 10.9 Å². The number of thioether (sulfide) groups is 1. The van der Waals surface area contributed by atoms with Gasteiger partial charge in [0.05, 0.1) is 0 Å². The third-order valence-corrected chi connectivity index (χ3v) is 4.54. The van der Waals surface area contributed by atoms with Gasteiger partial charge in [-0.15, -0.1) is 11.8 Å². The Morgan fingerprint density at radius 1 is 1.00 bits per heavy atom. The van der Waals surface area contributed by atoms with Crippen molar-refractivity contribution in [1.82, 2.24) is 5.43 Å². The van der Waals surface area contributed by atoms with Gasteiger partial charge in [-0.1, -0.05) is 64.5 Å². The molecule has 1 unspecified atom stereocenters. The lowest BCUT2D eigenvalue weighted by Crippen LogP contribution is -2.27. The topological polar surface area (TPSA) is 38.0 Å². The molecule has 1 atom stereocenters. The SMILES string of the molecule is CCCCCCCCC(NN)c1ccc(SCC)cc1. The number of hydrazine groups is 1. The van der Waals surface area contributed by atoms with Gasteiger partial charge in [0.1, 0.15) is 0 Å². The van der Waals surface area contributed by atoms with Crippen LogP contribution in [0.2, 0.25) is 0 Å². The number of nitrogens with two attached hydrogens (primary N) is 1. The number of rotatable bonds is 11. The van der Waals surface area contributed by atoms with Crippen LogP contribution in [-0.2, 0) is 0 Å². The summed E-state index contributed by atoms with van der Waals surface area (Å²) in [5, 5.41) is 0. The van der Waals surface area contributed by atoms with E-state index in [2.05, 4.69) is 43.5 Å². The first-order valence-electron chi connectivity index (χ1n) is 8.00. The van der Waals surface area contributed by atoms with E-state index in [4.69, 9.17) is 5.84 Å². The second-order valence-electron chi connectivity index (χ2n) is 5.28. The molecule has 0 saturated heterocycles. The minimum Gasteiger partial charge on any atom is -0.271 e. The van der Waals surface area contributed by atoms with Crippen LogP contribution in [0.5, 0.6) is 0 Å². The van der Waals surface area contributed by atoms with E-state index >= 15 is 0 Å². The molecule has 1 aromatic carbocycles. The molecule has 0 spiro atoms. The number of nitrogens with one attached hydrogen (secondary N) is 1. The molecule has 2 nitrogen and oxygen atoms in total. The zero-order chi connectivity index (χ0) is 14.6. The van der Waals surface area contributed by atoms with Crippen LogP contribution in [-0.4, -0.2) is 5.75 Å². The molecule has 0 bridgehead atoms. The normalized spacial score (nSPS) is 12.6. The number of hydrogen-bond acceptors (Lipinski definition) is 3. The standard InChI is InChI=1S/C17H30N2S/c1-3-5-6-7-8-9-10-17(19-18)15-11-13-16(14-12-15)20-4-2/h11-14,17,19H,3-10,18H2,1-2H3. The van der Waals surface area contributed by atoms with Gasteiger partial charge in [-0.25, -0.2) is 0 Å². The lowest BCUT2D eigenvalue weighted by molar-refractivity contribution is 0.477. The largest absolute Gasteiger partial charge is 0.271 e. The first-order chi connectivity index (χ1) is 9.81. The molecule has 1 aromatic rings. The van der Waals surface area contributed by atoms with Crippen molar-refractivity contribution in [1.29, 1.82) is 0 Å². The predicted molar refractivity (Wildman–Crippen MR) is 90.9 cm³/mol. The number of benzene rings is 1. The molecule has 0 aliphatic rings. The van der Waals surface area contributed by atoms with Gasteiger partial charge in [0.25, 0.3) is 0 Å². The van der Waals surface area contributed by atoms with Crippen molar-refractivity contribution in [3.05, 3.63) is 29.8 Å². The molecule has 20 heavy (non-hydrogen) atoms. The van der Waals surface area contributed by atoms with Gasteiger partial charge in [0.15, 0.2) is 0 Å². The molecular weight excluding hydrogens is 264 g/mol. The maximum absolute atomic E-state index is 5.71. The molecule has 0 saturated carbocycles. The minimum absolute atomic E-state index is 0.293. The zero-order valence-electron chi connectivity index (χ0n) is 13.0. The molecule has 0 heterocycles. The zero-order valence-corrected chi connectivity index (χ0v) is 13.8. The van der Waals surface area contributed by atoms with Crippen LogP contribution in [0.1, 0.15) is 70.4 Å². The highest BCUT2D eigenvalue weighted by Gasteiger charge is 2.09. The van der Waals surface area contributed by atoms with Gasteiger partial charge in [0.2, 0.25) is 0 Å². The first-order valence-corrected chi connectivity index (χ1v) is 8.99. The third kappa shape index (κ3) is 6.78. The molecule has 3 heteroatoms. The summed E-state index contributed by atoms with van der Waals surface area (Å²) < 4.78 is 0. The van der Waals surface area contributed by atoms with Crippen LogP contribution >= 0.6 is 11.8 Å². The van der Waals surface area contributed by atoms with Crippen molar-refractivity contribution >= 4 is 11.8 Å². The highest BCUT2D eigenvalue weighted by Crippen LogP contribution is 2.23. The Balaban J connectivity index is 2.33. The summed E-state index contributed by atoms with van der Waals surface area (Å²) in [5.74, 6) is 6.83. The van der Waals surface area contributed by atoms with Crippen molar-refractivity contribution in [2.75, 3.05) is 5.75 Å². The van der Waals surface area contributed by atoms with Gasteiger partial charge >= 0.3 is 0 Å². The molecule has 1 rings (SSSR count). The quantitative estimate of drug-likeness (QED) is 0.259. The van der Waals surface area contributed by atoms with Crippen molar-refractivity contribution in [2.45, 2.75) is 69.7 Å². The maximum Gasteiger partial charge on any atom is 0.0460 e. The van der Waals surface area contributed by atoms with Gasteiger partial charge in [-0.3, -0.25) is 11.3 Å². The molecule has 0 fully saturated rings. The molecule has 0 aliphatic heterocycles. The Morgan fingerprint density at radius 2 is 1.65 bits per heavy atom. The minimum atomic E-state index is 0.293. The smallest absolute Gasteiger partial charge is 0.0460 e. The number of hydrogen-bond donors (Lipinski definition) is 2. The van der Waals surface area contributed by atoms with Crippen LogP contribution in [0, 0.1) is 0 Å². The molecule has 3 N–H and O–H groups in total. The van der Waals surface area contributed by atoms with E-state index in [1.165, 1.54) is 49.0 Å². The van der Waals surface area contributed by atoms with Crippen molar-refractivity contribution in [3.63, 3.8) is 0 Å². The van der Waals surface area contributed by atoms with E-state index in [1.54, 1.807) is 0 Å². The summed E-state index contributed by atoms with van der Waals surface area (Å²) >= 11 is 1.88. The molecule has 0 aromatic heterocycles. The van der Waals surface area contributed by atoms with Crippen LogP contribution in [0.4, 0.5) is 0 Å². The summed E-state index contributed by atoms with van der Waals surface area (Å²) in [6, 6.07) is 9.12. The van der Waals surface area contributed by atoms with Crippen molar-refractivity contribution in [3.8, 4) is 0 Å². The highest BCUT2D eigenvalue weighted by molar-refractivity contribution is 7.99. The van der Waals surface area contributed by atoms with Gasteiger partial charge < -0.3 is 0 Å². The fraction of sp³-hybridized carbons (Fsp3) is 0.647. The average Bonchev–Trinajstić information content (AvgIpc) is 2.48. The average molecular weight is 295 g/mol. The van der Waals surface area contributed by atoms with Gasteiger partial charge in [-0.05, 0) is 29.9 Å². The van der Waals surface area contributed by atoms with E-state index in [-0.39, 0.29) is 0 Å². The van der Waals surface area contributed by atoms with Crippen LogP contribution in [0.25, 0.3) is 0 Å². The van der Waals surface area contributed by atoms with Gasteiger partial charge in [-0.2, -0.15) is 0 Å². The van der Waals surface area contributed by atoms with E-state index in [1.807, 2.05) is 11.8 Å². The molecule has 0 radical (unpaired) electrons. The van der Waals surface area contributed by atoms with E-state index < -0.39 is 0 Å². The van der Waals surface area contributed by atoms with Crippen molar-refractivity contribution < 1.29 is 0 Å². The fourth-order valence-corrected chi connectivity index (χ4v) is 3.10. The second kappa shape index (κ2) is 11.2. The Hall–Kier alpha value is -0.510. The fourth-order valence-electron chi connectivity index (χ4n) is 2.44. The summed E-state index contributed by atoms with van der Waals surface area (Å²) in [7, 11) is 0. The lowest BCUT2D eigenvalue weighted by atomic mass is 10.0. The molecule has 0 aliphatic carbocycles. The Bertz CT molecular complexity index is 337.